The minimum absolute atomic E-state index is 0.0714. The molecule has 0 aliphatic heterocycles. The van der Waals surface area contributed by atoms with Gasteiger partial charge in [0.25, 0.3) is 0 Å². The molecule has 84 valence electrons. The van der Waals surface area contributed by atoms with Gasteiger partial charge in [0, 0.05) is 17.1 Å². The predicted octanol–water partition coefficient (Wildman–Crippen LogP) is 4.55. The van der Waals surface area contributed by atoms with Crippen LogP contribution in [-0.2, 0) is 6.42 Å². The lowest BCUT2D eigenvalue weighted by Gasteiger charge is -2.09. The highest BCUT2D eigenvalue weighted by atomic mass is 35.5. The molecule has 0 N–H and O–H groups in total. The normalized spacial score (nSPS) is 11.1. The van der Waals surface area contributed by atoms with Crippen LogP contribution in [0.2, 0.25) is 10.0 Å². The third-order valence-corrected chi connectivity index (χ3v) is 3.34. The second kappa shape index (κ2) is 4.19. The van der Waals surface area contributed by atoms with Crippen molar-refractivity contribution in [2.45, 2.75) is 20.3 Å². The van der Waals surface area contributed by atoms with Crippen molar-refractivity contribution in [3.05, 3.63) is 39.3 Å². The lowest BCUT2D eigenvalue weighted by Crippen LogP contribution is -1.95. The van der Waals surface area contributed by atoms with E-state index in [2.05, 4.69) is 4.98 Å². The number of pyridine rings is 1. The molecular weight excluding hydrogens is 248 g/mol. The average Bonchev–Trinajstić information content (AvgIpc) is 2.22. The molecule has 0 aliphatic rings. The van der Waals surface area contributed by atoms with Crippen LogP contribution in [0.25, 0.3) is 10.9 Å². The molecule has 0 bridgehead atoms. The molecule has 2 aromatic rings. The monoisotopic (exact) mass is 257 g/mol. The zero-order valence-corrected chi connectivity index (χ0v) is 10.5. The topological polar surface area (TPSA) is 12.9 Å². The van der Waals surface area contributed by atoms with Crippen molar-refractivity contribution >= 4 is 34.1 Å². The number of hydrogen-bond acceptors (Lipinski definition) is 1. The van der Waals surface area contributed by atoms with Crippen molar-refractivity contribution in [3.63, 3.8) is 0 Å². The van der Waals surface area contributed by atoms with Gasteiger partial charge in [-0.25, -0.2) is 4.39 Å². The quantitative estimate of drug-likeness (QED) is 0.731. The molecule has 0 atom stereocenters. The molecule has 16 heavy (non-hydrogen) atoms. The van der Waals surface area contributed by atoms with Crippen molar-refractivity contribution in [1.29, 1.82) is 0 Å². The summed E-state index contributed by atoms with van der Waals surface area (Å²) in [5.74, 6) is -0.471. The second-order valence-corrected chi connectivity index (χ2v) is 4.41. The van der Waals surface area contributed by atoms with Crippen molar-refractivity contribution in [3.8, 4) is 0 Å². The minimum atomic E-state index is -0.471. The Balaban J connectivity index is 2.88. The number of aryl methyl sites for hydroxylation is 1. The van der Waals surface area contributed by atoms with Crippen LogP contribution in [0.3, 0.4) is 0 Å². The second-order valence-electron chi connectivity index (χ2n) is 3.63. The molecule has 1 aromatic heterocycles. The standard InChI is InChI=1S/C12H10Cl2FN/c1-3-7-6(2)16-11-5-10(15)9(13)4-8(11)12(7)14/h4-5H,3H2,1-2H3. The molecule has 0 saturated heterocycles. The van der Waals surface area contributed by atoms with E-state index in [1.807, 2.05) is 13.8 Å². The first-order valence-corrected chi connectivity index (χ1v) is 5.74. The van der Waals surface area contributed by atoms with Crippen molar-refractivity contribution < 1.29 is 4.39 Å². The Kier molecular flexibility index (Phi) is 3.04. The molecule has 0 fully saturated rings. The summed E-state index contributed by atoms with van der Waals surface area (Å²) in [6, 6.07) is 2.84. The fourth-order valence-corrected chi connectivity index (χ4v) is 2.37. The first-order chi connectivity index (χ1) is 7.54. The van der Waals surface area contributed by atoms with Gasteiger partial charge in [-0.15, -0.1) is 0 Å². The van der Waals surface area contributed by atoms with Gasteiger partial charge in [0.15, 0.2) is 0 Å². The number of nitrogens with zero attached hydrogens (tertiary/aromatic N) is 1. The molecule has 0 radical (unpaired) electrons. The number of benzene rings is 1. The zero-order valence-electron chi connectivity index (χ0n) is 8.94. The Labute approximate surface area is 103 Å². The summed E-state index contributed by atoms with van der Waals surface area (Å²) in [6.07, 6.45) is 0.794. The number of rotatable bonds is 1. The molecule has 1 nitrogen and oxygen atoms in total. The Hall–Kier alpha value is -0.860. The smallest absolute Gasteiger partial charge is 0.143 e. The van der Waals surface area contributed by atoms with Gasteiger partial charge in [0.05, 0.1) is 15.6 Å². The van der Waals surface area contributed by atoms with Gasteiger partial charge in [-0.1, -0.05) is 30.1 Å². The summed E-state index contributed by atoms with van der Waals surface area (Å²) in [7, 11) is 0. The fraction of sp³-hybridized carbons (Fsp3) is 0.250. The van der Waals surface area contributed by atoms with E-state index in [1.54, 1.807) is 0 Å². The molecule has 1 aromatic carbocycles. The maximum absolute atomic E-state index is 13.3. The van der Waals surface area contributed by atoms with E-state index in [1.165, 1.54) is 12.1 Å². The Morgan fingerprint density at radius 3 is 2.62 bits per heavy atom. The molecule has 2 rings (SSSR count). The molecule has 0 spiro atoms. The predicted molar refractivity (Wildman–Crippen MR) is 65.8 cm³/mol. The molecule has 0 aliphatic carbocycles. The molecule has 4 heteroatoms. The number of fused-ring (bicyclic) bond motifs is 1. The van der Waals surface area contributed by atoms with Gasteiger partial charge in [0.2, 0.25) is 0 Å². The highest BCUT2D eigenvalue weighted by Gasteiger charge is 2.12. The van der Waals surface area contributed by atoms with Gasteiger partial charge in [-0.2, -0.15) is 0 Å². The van der Waals surface area contributed by atoms with Crippen LogP contribution in [0.1, 0.15) is 18.2 Å². The van der Waals surface area contributed by atoms with Crippen LogP contribution in [0, 0.1) is 12.7 Å². The maximum atomic E-state index is 13.3. The lowest BCUT2D eigenvalue weighted by atomic mass is 10.1. The van der Waals surface area contributed by atoms with Crippen LogP contribution in [0.15, 0.2) is 12.1 Å². The highest BCUT2D eigenvalue weighted by molar-refractivity contribution is 6.37. The summed E-state index contributed by atoms with van der Waals surface area (Å²) in [5, 5.41) is 1.39. The molecule has 0 amide bonds. The first kappa shape index (κ1) is 11.6. The van der Waals surface area contributed by atoms with Crippen LogP contribution in [-0.4, -0.2) is 4.98 Å². The molecule has 0 unspecified atom stereocenters. The summed E-state index contributed by atoms with van der Waals surface area (Å²) >= 11 is 12.0. The summed E-state index contributed by atoms with van der Waals surface area (Å²) < 4.78 is 13.3. The third kappa shape index (κ3) is 1.76. The van der Waals surface area contributed by atoms with Crippen LogP contribution < -0.4 is 0 Å². The summed E-state index contributed by atoms with van der Waals surface area (Å²) in [5.41, 5.74) is 2.36. The van der Waals surface area contributed by atoms with E-state index in [4.69, 9.17) is 23.2 Å². The van der Waals surface area contributed by atoms with Gasteiger partial charge < -0.3 is 0 Å². The summed E-state index contributed by atoms with van der Waals surface area (Å²) in [6.45, 7) is 3.88. The lowest BCUT2D eigenvalue weighted by molar-refractivity contribution is 0.630. The minimum Gasteiger partial charge on any atom is -0.253 e. The van der Waals surface area contributed by atoms with Gasteiger partial charge >= 0.3 is 0 Å². The van der Waals surface area contributed by atoms with E-state index in [9.17, 15) is 4.39 Å². The molecule has 0 saturated carbocycles. The maximum Gasteiger partial charge on any atom is 0.143 e. The van der Waals surface area contributed by atoms with Gasteiger partial charge in [-0.3, -0.25) is 4.98 Å². The number of aromatic nitrogens is 1. The Morgan fingerprint density at radius 2 is 2.00 bits per heavy atom. The van der Waals surface area contributed by atoms with E-state index < -0.39 is 5.82 Å². The largest absolute Gasteiger partial charge is 0.253 e. The molecular formula is C12H10Cl2FN. The van der Waals surface area contributed by atoms with Crippen LogP contribution in [0.5, 0.6) is 0 Å². The van der Waals surface area contributed by atoms with E-state index >= 15 is 0 Å². The van der Waals surface area contributed by atoms with Gasteiger partial charge in [0.1, 0.15) is 5.82 Å². The SMILES string of the molecule is CCc1c(C)nc2cc(F)c(Cl)cc2c1Cl. The van der Waals surface area contributed by atoms with Crippen molar-refractivity contribution in [2.75, 3.05) is 0 Å². The van der Waals surface area contributed by atoms with E-state index in [0.717, 1.165) is 17.7 Å². The zero-order chi connectivity index (χ0) is 11.9. The Bertz CT molecular complexity index is 567. The van der Waals surface area contributed by atoms with Gasteiger partial charge in [-0.05, 0) is 25.0 Å². The Morgan fingerprint density at radius 1 is 1.31 bits per heavy atom. The van der Waals surface area contributed by atoms with E-state index in [-0.39, 0.29) is 5.02 Å². The fourth-order valence-electron chi connectivity index (χ4n) is 1.79. The first-order valence-electron chi connectivity index (χ1n) is 4.98. The van der Waals surface area contributed by atoms with Crippen LogP contribution in [0.4, 0.5) is 4.39 Å². The molecule has 1 heterocycles. The number of halogens is 3. The highest BCUT2D eigenvalue weighted by Crippen LogP contribution is 2.31. The van der Waals surface area contributed by atoms with E-state index in [0.29, 0.717) is 15.9 Å². The summed E-state index contributed by atoms with van der Waals surface area (Å²) in [4.78, 5) is 4.33. The number of hydrogen-bond donors (Lipinski definition) is 0. The van der Waals surface area contributed by atoms with Crippen molar-refractivity contribution in [1.82, 2.24) is 4.98 Å². The average molecular weight is 258 g/mol. The van der Waals surface area contributed by atoms with Crippen molar-refractivity contribution in [2.24, 2.45) is 0 Å². The third-order valence-electron chi connectivity index (χ3n) is 2.62. The van der Waals surface area contributed by atoms with Crippen LogP contribution >= 0.6 is 23.2 Å².